The van der Waals surface area contributed by atoms with Crippen molar-refractivity contribution in [2.24, 2.45) is 0 Å². The number of benzene rings is 3. The quantitative estimate of drug-likeness (QED) is 0.347. The third-order valence-corrected chi connectivity index (χ3v) is 8.22. The summed E-state index contributed by atoms with van der Waals surface area (Å²) in [5.41, 5.74) is 0.576. The lowest BCUT2D eigenvalue weighted by atomic mass is 10.1. The Bertz CT molecular complexity index is 1370. The first-order valence-electron chi connectivity index (χ1n) is 12.4. The van der Waals surface area contributed by atoms with Gasteiger partial charge < -0.3 is 15.0 Å². The van der Waals surface area contributed by atoms with Gasteiger partial charge in [-0.1, -0.05) is 46.3 Å². The molecule has 0 aliphatic heterocycles. The molecule has 0 bridgehead atoms. The molecule has 8 nitrogen and oxygen atoms in total. The fourth-order valence-corrected chi connectivity index (χ4v) is 5.54. The van der Waals surface area contributed by atoms with E-state index in [0.717, 1.165) is 14.3 Å². The van der Waals surface area contributed by atoms with Crippen LogP contribution in [0.3, 0.4) is 0 Å². The second-order valence-electron chi connectivity index (χ2n) is 10.1. The fraction of sp³-hybridized carbons (Fsp3) is 0.310. The van der Waals surface area contributed by atoms with Crippen LogP contribution in [0, 0.1) is 0 Å². The predicted octanol–water partition coefficient (Wildman–Crippen LogP) is 4.99. The molecule has 3 aromatic rings. The second kappa shape index (κ2) is 12.7. The molecule has 0 aliphatic rings. The molecule has 2 amide bonds. The van der Waals surface area contributed by atoms with Crippen LogP contribution in [0.25, 0.3) is 0 Å². The van der Waals surface area contributed by atoms with Crippen LogP contribution in [-0.2, 0) is 26.2 Å². The van der Waals surface area contributed by atoms with Gasteiger partial charge in [-0.15, -0.1) is 0 Å². The Morgan fingerprint density at radius 1 is 0.949 bits per heavy atom. The fourth-order valence-electron chi connectivity index (χ4n) is 3.84. The van der Waals surface area contributed by atoms with E-state index in [0.29, 0.717) is 11.4 Å². The van der Waals surface area contributed by atoms with Crippen LogP contribution in [-0.4, -0.2) is 50.4 Å². The van der Waals surface area contributed by atoms with E-state index in [1.54, 1.807) is 80.8 Å². The Hall–Kier alpha value is -3.37. The lowest BCUT2D eigenvalue weighted by Gasteiger charge is -2.33. The molecule has 1 N–H and O–H groups in total. The molecule has 0 radical (unpaired) electrons. The summed E-state index contributed by atoms with van der Waals surface area (Å²) in [5.74, 6) is -0.208. The molecule has 1 atom stereocenters. The summed E-state index contributed by atoms with van der Waals surface area (Å²) in [7, 11) is -2.54. The molecule has 0 heterocycles. The molecule has 3 aromatic carbocycles. The number of hydrogen-bond donors (Lipinski definition) is 1. The van der Waals surface area contributed by atoms with Crippen molar-refractivity contribution in [3.63, 3.8) is 0 Å². The van der Waals surface area contributed by atoms with Crippen LogP contribution in [0.5, 0.6) is 5.75 Å². The van der Waals surface area contributed by atoms with Crippen molar-refractivity contribution in [2.75, 3.05) is 18.0 Å². The number of hydrogen-bond acceptors (Lipinski definition) is 5. The zero-order valence-corrected chi connectivity index (χ0v) is 25.1. The monoisotopic (exact) mass is 615 g/mol. The van der Waals surface area contributed by atoms with E-state index in [9.17, 15) is 18.0 Å². The van der Waals surface area contributed by atoms with Gasteiger partial charge in [0.15, 0.2) is 0 Å². The van der Waals surface area contributed by atoms with Crippen LogP contribution in [0.4, 0.5) is 5.69 Å². The van der Waals surface area contributed by atoms with Crippen molar-refractivity contribution in [1.29, 1.82) is 0 Å². The minimum atomic E-state index is -4.10. The third kappa shape index (κ3) is 8.06. The first-order valence-corrected chi connectivity index (χ1v) is 14.6. The molecular weight excluding hydrogens is 582 g/mol. The molecule has 39 heavy (non-hydrogen) atoms. The average Bonchev–Trinajstić information content (AvgIpc) is 2.90. The number of anilines is 1. The highest BCUT2D eigenvalue weighted by Gasteiger charge is 2.33. The topological polar surface area (TPSA) is 96.0 Å². The highest BCUT2D eigenvalue weighted by molar-refractivity contribution is 9.10. The maximum Gasteiger partial charge on any atom is 0.264 e. The molecule has 0 aromatic heterocycles. The zero-order valence-electron chi connectivity index (χ0n) is 22.7. The molecule has 0 saturated carbocycles. The smallest absolute Gasteiger partial charge is 0.264 e. The van der Waals surface area contributed by atoms with E-state index in [-0.39, 0.29) is 17.3 Å². The number of ether oxygens (including phenoxy) is 1. The first-order chi connectivity index (χ1) is 18.3. The summed E-state index contributed by atoms with van der Waals surface area (Å²) in [4.78, 5) is 28.5. The van der Waals surface area contributed by atoms with Crippen LogP contribution in [0.2, 0.25) is 0 Å². The Morgan fingerprint density at radius 3 is 2.08 bits per heavy atom. The van der Waals surface area contributed by atoms with Gasteiger partial charge in [-0.25, -0.2) is 8.42 Å². The number of nitrogens with zero attached hydrogens (tertiary/aromatic N) is 2. The van der Waals surface area contributed by atoms with Gasteiger partial charge in [-0.3, -0.25) is 13.9 Å². The van der Waals surface area contributed by atoms with Gasteiger partial charge in [-0.2, -0.15) is 0 Å². The molecule has 0 aliphatic carbocycles. The van der Waals surface area contributed by atoms with Crippen molar-refractivity contribution in [1.82, 2.24) is 10.2 Å². The average molecular weight is 617 g/mol. The molecule has 10 heteroatoms. The molecule has 1 unspecified atom stereocenters. The van der Waals surface area contributed by atoms with Gasteiger partial charge in [0.25, 0.3) is 10.0 Å². The van der Waals surface area contributed by atoms with Gasteiger partial charge in [0.05, 0.1) is 17.7 Å². The molecule has 3 rings (SSSR count). The molecular formula is C29H34BrN3O5S. The zero-order chi connectivity index (χ0) is 28.8. The third-order valence-electron chi connectivity index (χ3n) is 5.90. The van der Waals surface area contributed by atoms with E-state index in [1.165, 1.54) is 17.0 Å². The Morgan fingerprint density at radius 2 is 1.54 bits per heavy atom. The molecule has 0 spiro atoms. The van der Waals surface area contributed by atoms with Crippen molar-refractivity contribution >= 4 is 43.5 Å². The normalized spacial score (nSPS) is 12.4. The first kappa shape index (κ1) is 30.2. The van der Waals surface area contributed by atoms with Crippen LogP contribution in [0.15, 0.2) is 88.2 Å². The maximum absolute atomic E-state index is 13.9. The lowest BCUT2D eigenvalue weighted by molar-refractivity contribution is -0.140. The summed E-state index contributed by atoms with van der Waals surface area (Å²) in [6.45, 7) is 6.81. The molecule has 0 saturated heterocycles. The van der Waals surface area contributed by atoms with Crippen molar-refractivity contribution in [2.45, 2.75) is 50.7 Å². The summed E-state index contributed by atoms with van der Waals surface area (Å²) >= 11 is 3.37. The largest absolute Gasteiger partial charge is 0.497 e. The van der Waals surface area contributed by atoms with Gasteiger partial charge in [0, 0.05) is 16.6 Å². The van der Waals surface area contributed by atoms with Crippen molar-refractivity contribution < 1.29 is 22.7 Å². The van der Waals surface area contributed by atoms with E-state index in [1.807, 2.05) is 20.8 Å². The highest BCUT2D eigenvalue weighted by Crippen LogP contribution is 2.26. The standard InChI is InChI=1S/C29H34BrN3O5S/c1-21(28(35)31-29(2,3)4)32(19-22-11-17-25(38-5)18-12-22)27(34)20-33(24-15-13-23(30)14-16-24)39(36,37)26-9-7-6-8-10-26/h6-18,21H,19-20H2,1-5H3,(H,31,35). The summed E-state index contributed by atoms with van der Waals surface area (Å²) in [5, 5.41) is 2.92. The number of carbonyl (C=O) groups is 2. The van der Waals surface area contributed by atoms with Crippen LogP contribution in [0.1, 0.15) is 33.3 Å². The second-order valence-corrected chi connectivity index (χ2v) is 12.9. The minimum absolute atomic E-state index is 0.0564. The van der Waals surface area contributed by atoms with E-state index < -0.39 is 34.1 Å². The number of halogens is 1. The molecule has 208 valence electrons. The summed E-state index contributed by atoms with van der Waals surface area (Å²) < 4.78 is 34.6. The van der Waals surface area contributed by atoms with Gasteiger partial charge in [0.1, 0.15) is 18.3 Å². The Labute approximate surface area is 239 Å². The minimum Gasteiger partial charge on any atom is -0.497 e. The maximum atomic E-state index is 13.9. The lowest BCUT2D eigenvalue weighted by Crippen LogP contribution is -2.54. The SMILES string of the molecule is COc1ccc(CN(C(=O)CN(c2ccc(Br)cc2)S(=O)(=O)c2ccccc2)C(C)C(=O)NC(C)(C)C)cc1. The number of nitrogens with one attached hydrogen (secondary N) is 1. The summed E-state index contributed by atoms with van der Waals surface area (Å²) in [6.07, 6.45) is 0. The van der Waals surface area contributed by atoms with Crippen LogP contribution >= 0.6 is 15.9 Å². The Balaban J connectivity index is 2.01. The van der Waals surface area contributed by atoms with E-state index in [4.69, 9.17) is 4.74 Å². The number of sulfonamides is 1. The van der Waals surface area contributed by atoms with Gasteiger partial charge in [0.2, 0.25) is 11.8 Å². The van der Waals surface area contributed by atoms with E-state index >= 15 is 0 Å². The van der Waals surface area contributed by atoms with Crippen LogP contribution < -0.4 is 14.4 Å². The van der Waals surface area contributed by atoms with Crippen molar-refractivity contribution in [3.8, 4) is 5.75 Å². The number of methoxy groups -OCH3 is 1. The van der Waals surface area contributed by atoms with Crippen molar-refractivity contribution in [3.05, 3.63) is 88.9 Å². The van der Waals surface area contributed by atoms with E-state index in [2.05, 4.69) is 21.2 Å². The number of rotatable bonds is 10. The Kier molecular flexibility index (Phi) is 9.79. The van der Waals surface area contributed by atoms with Gasteiger partial charge in [-0.05, 0) is 81.8 Å². The number of amides is 2. The van der Waals surface area contributed by atoms with Gasteiger partial charge >= 0.3 is 0 Å². The molecule has 0 fully saturated rings. The predicted molar refractivity (Wildman–Crippen MR) is 156 cm³/mol. The highest BCUT2D eigenvalue weighted by atomic mass is 79.9. The number of carbonyl (C=O) groups excluding carboxylic acids is 2. The summed E-state index contributed by atoms with van der Waals surface area (Å²) in [6, 6.07) is 20.9.